The molecule has 0 atom stereocenters. The fourth-order valence-corrected chi connectivity index (χ4v) is 10.4. The average Bonchev–Trinajstić information content (AvgIpc) is 2.48. The van der Waals surface area contributed by atoms with Crippen molar-refractivity contribution in [2.45, 2.75) is 65.0 Å². The van der Waals surface area contributed by atoms with E-state index in [9.17, 15) is 0 Å². The fraction of sp³-hybridized carbons (Fsp3) is 0.500. The molecule has 2 rings (SSSR count). The van der Waals surface area contributed by atoms with Crippen LogP contribution >= 0.6 is 15.9 Å². The van der Waals surface area contributed by atoms with Crippen molar-refractivity contribution in [3.63, 3.8) is 0 Å². The lowest BCUT2D eigenvalue weighted by atomic mass is 9.87. The quantitative estimate of drug-likeness (QED) is 0.675. The third-order valence-electron chi connectivity index (χ3n) is 5.04. The van der Waals surface area contributed by atoms with E-state index in [0.717, 1.165) is 5.45 Å². The van der Waals surface area contributed by atoms with Gasteiger partial charge in [-0.15, -0.1) is 0 Å². The first-order valence-corrected chi connectivity index (χ1v) is 11.6. The molecule has 0 aliphatic heterocycles. The molecule has 4 heteroatoms. The summed E-state index contributed by atoms with van der Waals surface area (Å²) in [4.78, 5) is 9.42. The molecule has 0 radical (unpaired) electrons. The van der Waals surface area contributed by atoms with Gasteiger partial charge in [0.1, 0.15) is 5.45 Å². The van der Waals surface area contributed by atoms with E-state index in [4.69, 9.17) is 9.97 Å². The highest BCUT2D eigenvalue weighted by atomic mass is 79.9. The second-order valence-electron chi connectivity index (χ2n) is 8.20. The van der Waals surface area contributed by atoms with Gasteiger partial charge in [-0.2, -0.15) is 0 Å². The fourth-order valence-electron chi connectivity index (χ4n) is 3.76. The zero-order chi connectivity index (χ0) is 18.1. The Labute approximate surface area is 156 Å². The predicted octanol–water partition coefficient (Wildman–Crippen LogP) is 4.92. The van der Waals surface area contributed by atoms with E-state index in [1.807, 2.05) is 18.5 Å². The molecule has 2 nitrogen and oxygen atoms in total. The Balaban J connectivity index is 2.74. The molecule has 24 heavy (non-hydrogen) atoms. The Kier molecular flexibility index (Phi) is 5.70. The van der Waals surface area contributed by atoms with Gasteiger partial charge in [-0.05, 0) is 39.4 Å². The number of hydrogen-bond acceptors (Lipinski definition) is 2. The molecule has 1 aromatic heterocycles. The maximum Gasteiger partial charge on any atom is 0.171 e. The highest BCUT2D eigenvalue weighted by Gasteiger charge is 2.47. The number of hydrogen-bond donors (Lipinski definition) is 0. The van der Waals surface area contributed by atoms with Crippen LogP contribution in [0.5, 0.6) is 0 Å². The third kappa shape index (κ3) is 3.36. The van der Waals surface area contributed by atoms with Crippen molar-refractivity contribution < 1.29 is 0 Å². The van der Waals surface area contributed by atoms with Crippen molar-refractivity contribution in [3.8, 4) is 0 Å². The van der Waals surface area contributed by atoms with E-state index in [0.29, 0.717) is 11.1 Å². The van der Waals surface area contributed by atoms with Gasteiger partial charge in [0.25, 0.3) is 0 Å². The molecule has 0 aliphatic rings. The average molecular weight is 405 g/mol. The van der Waals surface area contributed by atoms with Gasteiger partial charge in [-0.1, -0.05) is 76.5 Å². The summed E-state index contributed by atoms with van der Waals surface area (Å²) in [5.41, 5.74) is 3.56. The molecule has 0 fully saturated rings. The van der Waals surface area contributed by atoms with Gasteiger partial charge in [0.05, 0.1) is 0 Å². The molecule has 0 amide bonds. The molecule has 2 aromatic rings. The normalized spacial score (nSPS) is 12.9. The van der Waals surface area contributed by atoms with Crippen LogP contribution in [-0.4, -0.2) is 18.0 Å². The van der Waals surface area contributed by atoms with Crippen LogP contribution in [0.15, 0.2) is 41.1 Å². The molecule has 1 heterocycles. The largest absolute Gasteiger partial charge is 0.246 e. The summed E-state index contributed by atoms with van der Waals surface area (Å²) in [7, 11) is -2.10. The first-order valence-electron chi connectivity index (χ1n) is 8.69. The highest BCUT2D eigenvalue weighted by molar-refractivity contribution is 9.10. The van der Waals surface area contributed by atoms with Crippen molar-refractivity contribution in [1.29, 1.82) is 0 Å². The summed E-state index contributed by atoms with van der Waals surface area (Å²) in [6.45, 7) is 16.1. The molecule has 0 saturated heterocycles. The molecule has 0 spiro atoms. The summed E-state index contributed by atoms with van der Waals surface area (Å²) in [6.07, 6.45) is 3.76. The Morgan fingerprint density at radius 1 is 0.958 bits per heavy atom. The predicted molar refractivity (Wildman–Crippen MR) is 110 cm³/mol. The van der Waals surface area contributed by atoms with Crippen LogP contribution in [0.1, 0.15) is 54.0 Å². The van der Waals surface area contributed by atoms with Crippen molar-refractivity contribution in [2.24, 2.45) is 0 Å². The number of aromatic nitrogens is 2. The summed E-state index contributed by atoms with van der Waals surface area (Å²) in [5, 5.41) is 1.41. The van der Waals surface area contributed by atoms with Crippen LogP contribution in [-0.2, 0) is 5.41 Å². The Hall–Kier alpha value is -1.00. The molecule has 1 aromatic carbocycles. The minimum absolute atomic E-state index is 0.143. The highest BCUT2D eigenvalue weighted by Crippen LogP contribution is 2.34. The molecule has 0 bridgehead atoms. The van der Waals surface area contributed by atoms with Gasteiger partial charge in [0.2, 0.25) is 0 Å². The van der Waals surface area contributed by atoms with E-state index in [-0.39, 0.29) is 5.41 Å². The number of benzene rings is 1. The maximum atomic E-state index is 4.71. The second-order valence-corrected chi connectivity index (χ2v) is 14.1. The first-order chi connectivity index (χ1) is 11.1. The van der Waals surface area contributed by atoms with Gasteiger partial charge in [-0.25, -0.2) is 9.97 Å². The minimum Gasteiger partial charge on any atom is -0.246 e. The van der Waals surface area contributed by atoms with Crippen molar-refractivity contribution in [2.75, 3.05) is 0 Å². The van der Waals surface area contributed by atoms with Crippen LogP contribution in [0, 0.1) is 0 Å². The maximum absolute atomic E-state index is 4.71. The molecule has 130 valence electrons. The van der Waals surface area contributed by atoms with E-state index in [1.165, 1.54) is 15.2 Å². The summed E-state index contributed by atoms with van der Waals surface area (Å²) in [5.74, 6) is 0. The SMILES string of the molecule is CC(C)[Si](c1ncccn1)(c1ccc(C(C)(C)C)cc1Br)C(C)C. The molecular formula is C20H29BrN2Si. The van der Waals surface area contributed by atoms with E-state index < -0.39 is 8.07 Å². The van der Waals surface area contributed by atoms with Crippen molar-refractivity contribution in [3.05, 3.63) is 46.7 Å². The Bertz CT molecular complexity index is 683. The van der Waals surface area contributed by atoms with E-state index in [1.54, 1.807) is 0 Å². The van der Waals surface area contributed by atoms with Gasteiger partial charge in [0, 0.05) is 16.9 Å². The monoisotopic (exact) mass is 404 g/mol. The summed E-state index contributed by atoms with van der Waals surface area (Å²) >= 11 is 3.89. The van der Waals surface area contributed by atoms with Crippen LogP contribution in [0.4, 0.5) is 0 Å². The van der Waals surface area contributed by atoms with Gasteiger partial charge < -0.3 is 0 Å². The smallest absolute Gasteiger partial charge is 0.171 e. The van der Waals surface area contributed by atoms with E-state index >= 15 is 0 Å². The number of rotatable bonds is 4. The topological polar surface area (TPSA) is 25.8 Å². The summed E-state index contributed by atoms with van der Waals surface area (Å²) in [6, 6.07) is 8.81. The third-order valence-corrected chi connectivity index (χ3v) is 12.0. The second kappa shape index (κ2) is 7.09. The van der Waals surface area contributed by atoms with Crippen LogP contribution in [0.25, 0.3) is 0 Å². The van der Waals surface area contributed by atoms with Crippen LogP contribution < -0.4 is 10.6 Å². The van der Waals surface area contributed by atoms with Gasteiger partial charge in [-0.3, -0.25) is 0 Å². The molecule has 0 unspecified atom stereocenters. The van der Waals surface area contributed by atoms with Gasteiger partial charge in [0.15, 0.2) is 8.07 Å². The standard InChI is InChI=1S/C20H29BrN2Si/c1-14(2)24(15(3)4,19-22-11-8-12-23-19)18-10-9-16(13-17(18)21)20(5,6)7/h8-15H,1-7H3. The first kappa shape index (κ1) is 19.3. The number of nitrogens with zero attached hydrogens (tertiary/aromatic N) is 2. The van der Waals surface area contributed by atoms with E-state index in [2.05, 4.69) is 82.6 Å². The molecule has 0 N–H and O–H groups in total. The Morgan fingerprint density at radius 2 is 1.50 bits per heavy atom. The lowest BCUT2D eigenvalue weighted by molar-refractivity contribution is 0.590. The zero-order valence-electron chi connectivity index (χ0n) is 15.9. The molecule has 0 aliphatic carbocycles. The lowest BCUT2D eigenvalue weighted by Gasteiger charge is -2.39. The number of halogens is 1. The minimum atomic E-state index is -2.10. The molecule has 0 saturated carbocycles. The van der Waals surface area contributed by atoms with Crippen LogP contribution in [0.3, 0.4) is 0 Å². The van der Waals surface area contributed by atoms with Crippen LogP contribution in [0.2, 0.25) is 11.1 Å². The van der Waals surface area contributed by atoms with Gasteiger partial charge >= 0.3 is 0 Å². The van der Waals surface area contributed by atoms with Crippen molar-refractivity contribution >= 4 is 34.6 Å². The molecular weight excluding hydrogens is 376 g/mol. The lowest BCUT2D eigenvalue weighted by Crippen LogP contribution is -2.65. The Morgan fingerprint density at radius 3 is 1.92 bits per heavy atom. The zero-order valence-corrected chi connectivity index (χ0v) is 18.5. The van der Waals surface area contributed by atoms with Crippen molar-refractivity contribution in [1.82, 2.24) is 9.97 Å². The summed E-state index contributed by atoms with van der Waals surface area (Å²) < 4.78 is 1.21.